The van der Waals surface area contributed by atoms with Crippen LogP contribution in [0.15, 0.2) is 18.2 Å². The Hall–Kier alpha value is -1.55. The minimum Gasteiger partial charge on any atom is -0.337 e. The van der Waals surface area contributed by atoms with E-state index in [9.17, 15) is 4.79 Å². The van der Waals surface area contributed by atoms with Crippen LogP contribution in [-0.2, 0) is 0 Å². The van der Waals surface area contributed by atoms with Gasteiger partial charge < -0.3 is 10.6 Å². The average Bonchev–Trinajstić information content (AvgIpc) is 2.30. The highest BCUT2D eigenvalue weighted by Crippen LogP contribution is 2.21. The highest BCUT2D eigenvalue weighted by Gasteiger charge is 2.25. The first kappa shape index (κ1) is 12.9. The largest absolute Gasteiger partial charge is 0.337 e. The maximum atomic E-state index is 12.0. The second kappa shape index (κ2) is 5.40. The molecule has 1 aromatic rings. The van der Waals surface area contributed by atoms with Crippen molar-refractivity contribution < 1.29 is 4.79 Å². The lowest BCUT2D eigenvalue weighted by Crippen LogP contribution is -2.53. The Balaban J connectivity index is 2.21. The van der Waals surface area contributed by atoms with E-state index in [-0.39, 0.29) is 6.03 Å². The molecule has 2 amide bonds. The maximum absolute atomic E-state index is 12.0. The summed E-state index contributed by atoms with van der Waals surface area (Å²) < 4.78 is 0. The Morgan fingerprint density at radius 2 is 2.00 bits per heavy atom. The quantitative estimate of drug-likeness (QED) is 0.853. The molecule has 4 heteroatoms. The molecule has 1 heterocycles. The van der Waals surface area contributed by atoms with Crippen molar-refractivity contribution in [3.05, 3.63) is 29.3 Å². The summed E-state index contributed by atoms with van der Waals surface area (Å²) in [7, 11) is 1.94. The van der Waals surface area contributed by atoms with Gasteiger partial charge in [-0.3, -0.25) is 4.90 Å². The number of anilines is 1. The number of nitrogens with zero attached hydrogens (tertiary/aromatic N) is 1. The van der Waals surface area contributed by atoms with Gasteiger partial charge in [-0.2, -0.15) is 0 Å². The third kappa shape index (κ3) is 2.82. The molecule has 1 aliphatic rings. The summed E-state index contributed by atoms with van der Waals surface area (Å²) in [4.78, 5) is 13.8. The molecule has 1 fully saturated rings. The normalized spacial score (nSPS) is 19.8. The van der Waals surface area contributed by atoms with Gasteiger partial charge in [0.25, 0.3) is 0 Å². The van der Waals surface area contributed by atoms with Crippen LogP contribution in [0.5, 0.6) is 0 Å². The lowest BCUT2D eigenvalue weighted by Gasteiger charge is -2.33. The van der Waals surface area contributed by atoms with Crippen molar-refractivity contribution in [2.24, 2.45) is 5.92 Å². The highest BCUT2D eigenvalue weighted by molar-refractivity contribution is 5.93. The lowest BCUT2D eigenvalue weighted by atomic mass is 10.1. The Kier molecular flexibility index (Phi) is 3.87. The zero-order chi connectivity index (χ0) is 13.1. The SMILES string of the molecule is CNCC1CNC(=O)N(c2cc(C)cc(C)c2)C1. The van der Waals surface area contributed by atoms with Crippen LogP contribution in [0, 0.1) is 19.8 Å². The van der Waals surface area contributed by atoms with E-state index in [0.29, 0.717) is 5.92 Å². The molecule has 1 unspecified atom stereocenters. The van der Waals surface area contributed by atoms with Crippen molar-refractivity contribution in [2.45, 2.75) is 13.8 Å². The maximum Gasteiger partial charge on any atom is 0.321 e. The fourth-order valence-corrected chi connectivity index (χ4v) is 2.49. The number of urea groups is 1. The van der Waals surface area contributed by atoms with Crippen molar-refractivity contribution >= 4 is 11.7 Å². The summed E-state index contributed by atoms with van der Waals surface area (Å²) in [6, 6.07) is 6.26. The van der Waals surface area contributed by atoms with Gasteiger partial charge in [0.2, 0.25) is 0 Å². The third-order valence-electron chi connectivity index (χ3n) is 3.24. The van der Waals surface area contributed by atoms with Crippen LogP contribution in [0.25, 0.3) is 0 Å². The molecular weight excluding hydrogens is 226 g/mol. The summed E-state index contributed by atoms with van der Waals surface area (Å²) in [6.45, 7) is 6.56. The zero-order valence-corrected chi connectivity index (χ0v) is 11.3. The van der Waals surface area contributed by atoms with Crippen molar-refractivity contribution in [1.82, 2.24) is 10.6 Å². The van der Waals surface area contributed by atoms with Crippen molar-refractivity contribution in [1.29, 1.82) is 0 Å². The van der Waals surface area contributed by atoms with Crippen LogP contribution in [-0.4, -0.2) is 32.7 Å². The van der Waals surface area contributed by atoms with Gasteiger partial charge in [0.1, 0.15) is 0 Å². The minimum absolute atomic E-state index is 0.00681. The highest BCUT2D eigenvalue weighted by atomic mass is 16.2. The summed E-state index contributed by atoms with van der Waals surface area (Å²) in [5.41, 5.74) is 3.37. The first-order valence-electron chi connectivity index (χ1n) is 6.38. The van der Waals surface area contributed by atoms with Crippen LogP contribution in [0.2, 0.25) is 0 Å². The van der Waals surface area contributed by atoms with Crippen LogP contribution in [0.4, 0.5) is 10.5 Å². The topological polar surface area (TPSA) is 44.4 Å². The predicted octanol–water partition coefficient (Wildman–Crippen LogP) is 1.67. The molecule has 1 aliphatic heterocycles. The van der Waals surface area contributed by atoms with Crippen LogP contribution in [0.3, 0.4) is 0 Å². The summed E-state index contributed by atoms with van der Waals surface area (Å²) in [6.07, 6.45) is 0. The van der Waals surface area contributed by atoms with Gasteiger partial charge in [-0.05, 0) is 44.2 Å². The predicted molar refractivity (Wildman–Crippen MR) is 74.1 cm³/mol. The fraction of sp³-hybridized carbons (Fsp3) is 0.500. The Morgan fingerprint density at radius 1 is 1.33 bits per heavy atom. The van der Waals surface area contributed by atoms with E-state index in [1.807, 2.05) is 11.9 Å². The first-order valence-corrected chi connectivity index (χ1v) is 6.38. The number of aryl methyl sites for hydroxylation is 2. The molecular formula is C14H21N3O. The number of carbonyl (C=O) groups is 1. The Labute approximate surface area is 108 Å². The van der Waals surface area contributed by atoms with E-state index in [1.54, 1.807) is 0 Å². The van der Waals surface area contributed by atoms with Crippen molar-refractivity contribution in [2.75, 3.05) is 31.6 Å². The van der Waals surface area contributed by atoms with Crippen LogP contribution >= 0.6 is 0 Å². The molecule has 0 aromatic heterocycles. The van der Waals surface area contributed by atoms with Gasteiger partial charge in [0.05, 0.1) is 0 Å². The van der Waals surface area contributed by atoms with E-state index < -0.39 is 0 Å². The number of hydrogen-bond donors (Lipinski definition) is 2. The van der Waals surface area contributed by atoms with Crippen LogP contribution in [0.1, 0.15) is 11.1 Å². The van der Waals surface area contributed by atoms with Crippen molar-refractivity contribution in [3.63, 3.8) is 0 Å². The number of hydrogen-bond acceptors (Lipinski definition) is 2. The van der Waals surface area contributed by atoms with E-state index in [0.717, 1.165) is 25.3 Å². The first-order chi connectivity index (χ1) is 8.60. The van der Waals surface area contributed by atoms with Gasteiger partial charge in [0, 0.05) is 31.2 Å². The molecule has 18 heavy (non-hydrogen) atoms. The number of nitrogens with one attached hydrogen (secondary N) is 2. The van der Waals surface area contributed by atoms with Crippen molar-refractivity contribution in [3.8, 4) is 0 Å². The standard InChI is InChI=1S/C14H21N3O/c1-10-4-11(2)6-13(5-10)17-9-12(7-15-3)8-16-14(17)18/h4-6,12,15H,7-9H2,1-3H3,(H,16,18). The van der Waals surface area contributed by atoms with E-state index in [1.165, 1.54) is 11.1 Å². The molecule has 4 nitrogen and oxygen atoms in total. The summed E-state index contributed by atoms with van der Waals surface area (Å²) in [5.74, 6) is 0.452. The summed E-state index contributed by atoms with van der Waals surface area (Å²) in [5, 5.41) is 6.12. The summed E-state index contributed by atoms with van der Waals surface area (Å²) >= 11 is 0. The molecule has 2 N–H and O–H groups in total. The van der Waals surface area contributed by atoms with Gasteiger partial charge >= 0.3 is 6.03 Å². The van der Waals surface area contributed by atoms with E-state index in [4.69, 9.17) is 0 Å². The van der Waals surface area contributed by atoms with Crippen LogP contribution < -0.4 is 15.5 Å². The number of carbonyl (C=O) groups excluding carboxylic acids is 1. The number of rotatable bonds is 3. The smallest absolute Gasteiger partial charge is 0.321 e. The molecule has 2 rings (SSSR count). The van der Waals surface area contributed by atoms with E-state index >= 15 is 0 Å². The van der Waals surface area contributed by atoms with Gasteiger partial charge in [-0.15, -0.1) is 0 Å². The van der Waals surface area contributed by atoms with E-state index in [2.05, 4.69) is 42.7 Å². The molecule has 1 atom stereocenters. The fourth-order valence-electron chi connectivity index (χ4n) is 2.49. The third-order valence-corrected chi connectivity index (χ3v) is 3.24. The Morgan fingerprint density at radius 3 is 2.61 bits per heavy atom. The average molecular weight is 247 g/mol. The minimum atomic E-state index is 0.00681. The van der Waals surface area contributed by atoms with Gasteiger partial charge in [-0.1, -0.05) is 6.07 Å². The number of benzene rings is 1. The second-order valence-corrected chi connectivity index (χ2v) is 5.07. The molecule has 98 valence electrons. The molecule has 0 aliphatic carbocycles. The van der Waals surface area contributed by atoms with Gasteiger partial charge in [0.15, 0.2) is 0 Å². The molecule has 0 spiro atoms. The zero-order valence-electron chi connectivity index (χ0n) is 11.3. The molecule has 1 aromatic carbocycles. The molecule has 0 bridgehead atoms. The number of amides is 2. The monoisotopic (exact) mass is 247 g/mol. The molecule has 1 saturated heterocycles. The Bertz CT molecular complexity index is 424. The second-order valence-electron chi connectivity index (χ2n) is 5.07. The molecule has 0 radical (unpaired) electrons. The lowest BCUT2D eigenvalue weighted by molar-refractivity contribution is 0.236. The molecule has 0 saturated carbocycles. The van der Waals surface area contributed by atoms with Gasteiger partial charge in [-0.25, -0.2) is 4.79 Å².